The molecule has 1 amide bonds. The molecule has 1 unspecified atom stereocenters. The molecule has 0 aliphatic carbocycles. The van der Waals surface area contributed by atoms with Gasteiger partial charge in [-0.2, -0.15) is 5.10 Å². The van der Waals surface area contributed by atoms with Crippen molar-refractivity contribution in [3.63, 3.8) is 0 Å². The first-order chi connectivity index (χ1) is 11.7. The van der Waals surface area contributed by atoms with E-state index in [0.717, 1.165) is 41.3 Å². The molecule has 7 nitrogen and oxygen atoms in total. The second-order valence-corrected chi connectivity index (χ2v) is 6.98. The Bertz CT molecular complexity index is 839. The third kappa shape index (κ3) is 2.96. The second-order valence-electron chi connectivity index (χ2n) is 5.97. The largest absolute Gasteiger partial charge is 0.346 e. The van der Waals surface area contributed by atoms with Gasteiger partial charge in [0.1, 0.15) is 11.2 Å². The highest BCUT2D eigenvalue weighted by atomic mass is 32.1. The van der Waals surface area contributed by atoms with Crippen molar-refractivity contribution in [1.82, 2.24) is 25.1 Å². The monoisotopic (exact) mass is 342 g/mol. The number of fused-ring (bicyclic) bond motifs is 1. The van der Waals surface area contributed by atoms with Crippen LogP contribution in [0.5, 0.6) is 0 Å². The van der Waals surface area contributed by atoms with Gasteiger partial charge in [0.25, 0.3) is 5.91 Å². The van der Waals surface area contributed by atoms with Crippen LogP contribution in [-0.4, -0.2) is 44.8 Å². The number of rotatable bonds is 3. The molecular weight excluding hydrogens is 324 g/mol. The van der Waals surface area contributed by atoms with Gasteiger partial charge >= 0.3 is 0 Å². The molecule has 1 aliphatic rings. The summed E-state index contributed by atoms with van der Waals surface area (Å²) < 4.78 is 2.77. The van der Waals surface area contributed by atoms with Gasteiger partial charge in [-0.15, -0.1) is 0 Å². The number of carbonyl (C=O) groups excluding carboxylic acids is 1. The minimum Gasteiger partial charge on any atom is -0.346 e. The SMILES string of the molecule is Cn1ccc(C(=O)NC2CCCN(c3nc4cnccc4s3)C2)n1. The molecule has 3 aromatic rings. The summed E-state index contributed by atoms with van der Waals surface area (Å²) in [6, 6.07) is 3.83. The first kappa shape index (κ1) is 15.1. The number of hydrogen-bond donors (Lipinski definition) is 1. The van der Waals surface area contributed by atoms with E-state index in [4.69, 9.17) is 0 Å². The lowest BCUT2D eigenvalue weighted by molar-refractivity contribution is 0.0927. The van der Waals surface area contributed by atoms with Gasteiger partial charge in [0.2, 0.25) is 0 Å². The second kappa shape index (κ2) is 6.20. The van der Waals surface area contributed by atoms with E-state index in [1.807, 2.05) is 6.07 Å². The molecule has 1 aliphatic heterocycles. The summed E-state index contributed by atoms with van der Waals surface area (Å²) in [5.74, 6) is -0.115. The highest BCUT2D eigenvalue weighted by Gasteiger charge is 2.24. The van der Waals surface area contributed by atoms with Gasteiger partial charge < -0.3 is 10.2 Å². The highest BCUT2D eigenvalue weighted by Crippen LogP contribution is 2.29. The highest BCUT2D eigenvalue weighted by molar-refractivity contribution is 7.22. The van der Waals surface area contributed by atoms with E-state index in [1.54, 1.807) is 47.7 Å². The van der Waals surface area contributed by atoms with Crippen LogP contribution in [0.4, 0.5) is 5.13 Å². The maximum Gasteiger partial charge on any atom is 0.272 e. The van der Waals surface area contributed by atoms with Crippen LogP contribution in [-0.2, 0) is 7.05 Å². The maximum absolute atomic E-state index is 12.3. The quantitative estimate of drug-likeness (QED) is 0.786. The number of aromatic nitrogens is 4. The number of nitrogens with zero attached hydrogens (tertiary/aromatic N) is 5. The van der Waals surface area contributed by atoms with Gasteiger partial charge in [-0.05, 0) is 25.0 Å². The number of carbonyl (C=O) groups is 1. The molecule has 1 N–H and O–H groups in total. The third-order valence-corrected chi connectivity index (χ3v) is 5.25. The van der Waals surface area contributed by atoms with Crippen LogP contribution < -0.4 is 10.2 Å². The number of amides is 1. The zero-order valence-electron chi connectivity index (χ0n) is 13.3. The van der Waals surface area contributed by atoms with Crippen molar-refractivity contribution in [2.75, 3.05) is 18.0 Å². The molecule has 124 valence electrons. The Morgan fingerprint density at radius 1 is 1.42 bits per heavy atom. The topological polar surface area (TPSA) is 75.9 Å². The summed E-state index contributed by atoms with van der Waals surface area (Å²) in [5.41, 5.74) is 1.39. The van der Waals surface area contributed by atoms with Gasteiger partial charge in [0.15, 0.2) is 5.13 Å². The molecule has 4 rings (SSSR count). The summed E-state index contributed by atoms with van der Waals surface area (Å²) in [5, 5.41) is 8.24. The fraction of sp³-hybridized carbons (Fsp3) is 0.375. The van der Waals surface area contributed by atoms with E-state index in [-0.39, 0.29) is 11.9 Å². The maximum atomic E-state index is 12.3. The van der Waals surface area contributed by atoms with E-state index < -0.39 is 0 Å². The van der Waals surface area contributed by atoms with E-state index >= 15 is 0 Å². The van der Waals surface area contributed by atoms with Crippen molar-refractivity contribution < 1.29 is 4.79 Å². The molecule has 0 spiro atoms. The molecule has 0 radical (unpaired) electrons. The Hall–Kier alpha value is -2.48. The average Bonchev–Trinajstić information content (AvgIpc) is 3.21. The Morgan fingerprint density at radius 3 is 3.12 bits per heavy atom. The summed E-state index contributed by atoms with van der Waals surface area (Å²) in [6.45, 7) is 1.73. The van der Waals surface area contributed by atoms with Crippen LogP contribution in [0.2, 0.25) is 0 Å². The smallest absolute Gasteiger partial charge is 0.272 e. The van der Waals surface area contributed by atoms with Crippen LogP contribution in [0.15, 0.2) is 30.7 Å². The molecule has 3 aromatic heterocycles. The predicted octanol–water partition coefficient (Wildman–Crippen LogP) is 1.82. The molecule has 24 heavy (non-hydrogen) atoms. The zero-order chi connectivity index (χ0) is 16.5. The zero-order valence-corrected chi connectivity index (χ0v) is 14.2. The molecule has 4 heterocycles. The van der Waals surface area contributed by atoms with Crippen molar-refractivity contribution in [2.45, 2.75) is 18.9 Å². The van der Waals surface area contributed by atoms with Gasteiger partial charge in [0.05, 0.1) is 10.9 Å². The Balaban J connectivity index is 1.46. The van der Waals surface area contributed by atoms with Crippen LogP contribution in [0.1, 0.15) is 23.3 Å². The number of hydrogen-bond acceptors (Lipinski definition) is 6. The Labute approximate surface area is 143 Å². The summed E-state index contributed by atoms with van der Waals surface area (Å²) in [7, 11) is 1.81. The number of nitrogens with one attached hydrogen (secondary N) is 1. The standard InChI is InChI=1S/C16H18N6OS/c1-21-8-5-12(20-21)15(23)18-11-3-2-7-22(10-11)16-19-13-9-17-6-4-14(13)24-16/h4-6,8-9,11H,2-3,7,10H2,1H3,(H,18,23). The molecule has 0 bridgehead atoms. The van der Waals surface area contributed by atoms with Crippen molar-refractivity contribution in [2.24, 2.45) is 7.05 Å². The van der Waals surface area contributed by atoms with E-state index in [9.17, 15) is 4.79 Å². The van der Waals surface area contributed by atoms with E-state index in [0.29, 0.717) is 5.69 Å². The number of aryl methyl sites for hydroxylation is 1. The lowest BCUT2D eigenvalue weighted by Gasteiger charge is -2.32. The minimum atomic E-state index is -0.115. The predicted molar refractivity (Wildman–Crippen MR) is 93.3 cm³/mol. The van der Waals surface area contributed by atoms with Crippen molar-refractivity contribution >= 4 is 32.6 Å². The molecule has 8 heteroatoms. The Morgan fingerprint density at radius 2 is 2.33 bits per heavy atom. The molecule has 0 saturated carbocycles. The lowest BCUT2D eigenvalue weighted by atomic mass is 10.1. The number of piperidine rings is 1. The average molecular weight is 342 g/mol. The molecular formula is C16H18N6OS. The minimum absolute atomic E-state index is 0.110. The fourth-order valence-corrected chi connectivity index (χ4v) is 3.93. The van der Waals surface area contributed by atoms with E-state index in [1.165, 1.54) is 0 Å². The molecule has 1 fully saturated rings. The van der Waals surface area contributed by atoms with Gasteiger partial charge in [-0.25, -0.2) is 4.98 Å². The lowest BCUT2D eigenvalue weighted by Crippen LogP contribution is -2.47. The van der Waals surface area contributed by atoms with E-state index in [2.05, 4.69) is 25.3 Å². The van der Waals surface area contributed by atoms with Crippen LogP contribution in [0.25, 0.3) is 10.2 Å². The van der Waals surface area contributed by atoms with Crippen LogP contribution in [0.3, 0.4) is 0 Å². The molecule has 1 atom stereocenters. The number of pyridine rings is 1. The van der Waals surface area contributed by atoms with Gasteiger partial charge in [-0.1, -0.05) is 11.3 Å². The van der Waals surface area contributed by atoms with Crippen LogP contribution >= 0.6 is 11.3 Å². The third-order valence-electron chi connectivity index (χ3n) is 4.15. The number of thiazole rings is 1. The fourth-order valence-electron chi connectivity index (χ4n) is 2.97. The Kier molecular flexibility index (Phi) is 3.89. The summed E-state index contributed by atoms with van der Waals surface area (Å²) in [4.78, 5) is 23.3. The normalized spacial score (nSPS) is 18.0. The van der Waals surface area contributed by atoms with Gasteiger partial charge in [-0.3, -0.25) is 14.5 Å². The van der Waals surface area contributed by atoms with Crippen molar-refractivity contribution in [1.29, 1.82) is 0 Å². The van der Waals surface area contributed by atoms with Crippen molar-refractivity contribution in [3.05, 3.63) is 36.4 Å². The molecule has 0 aromatic carbocycles. The first-order valence-corrected chi connectivity index (χ1v) is 8.77. The van der Waals surface area contributed by atoms with Crippen LogP contribution in [0, 0.1) is 0 Å². The number of anilines is 1. The first-order valence-electron chi connectivity index (χ1n) is 7.95. The van der Waals surface area contributed by atoms with Crippen molar-refractivity contribution in [3.8, 4) is 0 Å². The van der Waals surface area contributed by atoms with Gasteiger partial charge in [0, 0.05) is 38.6 Å². The summed E-state index contributed by atoms with van der Waals surface area (Å²) in [6.07, 6.45) is 7.36. The summed E-state index contributed by atoms with van der Waals surface area (Å²) >= 11 is 1.67. The molecule has 1 saturated heterocycles.